The second kappa shape index (κ2) is 11.6. The van der Waals surface area contributed by atoms with Gasteiger partial charge in [0.25, 0.3) is 5.91 Å². The minimum absolute atomic E-state index is 0.124. The molecule has 2 aromatic rings. The summed E-state index contributed by atoms with van der Waals surface area (Å²) in [6, 6.07) is 14.0. The zero-order valence-corrected chi connectivity index (χ0v) is 16.1. The van der Waals surface area contributed by atoms with Crippen LogP contribution in [0.3, 0.4) is 0 Å². The average molecular weight is 386 g/mol. The van der Waals surface area contributed by atoms with Gasteiger partial charge in [0, 0.05) is 19.6 Å². The molecule has 4 N–H and O–H groups in total. The first-order valence-corrected chi connectivity index (χ1v) is 9.33. The Hall–Kier alpha value is -3.09. The van der Waals surface area contributed by atoms with Gasteiger partial charge in [-0.1, -0.05) is 24.3 Å². The summed E-state index contributed by atoms with van der Waals surface area (Å²) in [6.07, 6.45) is 1.57. The number of benzene rings is 2. The zero-order chi connectivity index (χ0) is 20.2. The van der Waals surface area contributed by atoms with Crippen LogP contribution in [0.15, 0.2) is 53.5 Å². The summed E-state index contributed by atoms with van der Waals surface area (Å²) >= 11 is 0. The Morgan fingerprint density at radius 2 is 1.68 bits per heavy atom. The number of halogens is 1. The standard InChI is InChI=1S/C21H27FN4O2/c1-2-24-21(25-13-11-16-3-7-18(22)8-4-16)26-14-12-17-5-9-19(10-6-17)28-15-20(23)27/h3-10H,2,11-15H2,1H3,(H2,23,27)(H2,24,25,26). The Morgan fingerprint density at radius 1 is 1.04 bits per heavy atom. The summed E-state index contributed by atoms with van der Waals surface area (Å²) in [6.45, 7) is 4.01. The fourth-order valence-electron chi connectivity index (χ4n) is 2.52. The van der Waals surface area contributed by atoms with Gasteiger partial charge in [-0.25, -0.2) is 4.39 Å². The molecular weight excluding hydrogens is 359 g/mol. The Morgan fingerprint density at radius 3 is 2.32 bits per heavy atom. The van der Waals surface area contributed by atoms with Crippen molar-refractivity contribution in [3.63, 3.8) is 0 Å². The number of primary amides is 1. The molecule has 0 saturated carbocycles. The van der Waals surface area contributed by atoms with E-state index in [1.54, 1.807) is 12.1 Å². The maximum Gasteiger partial charge on any atom is 0.255 e. The molecule has 0 aliphatic carbocycles. The Bertz CT molecular complexity index is 761. The van der Waals surface area contributed by atoms with Crippen molar-refractivity contribution in [2.45, 2.75) is 19.8 Å². The van der Waals surface area contributed by atoms with Crippen LogP contribution in [0, 0.1) is 5.82 Å². The van der Waals surface area contributed by atoms with E-state index in [-0.39, 0.29) is 12.4 Å². The predicted molar refractivity (Wildman–Crippen MR) is 109 cm³/mol. The number of carbonyl (C=O) groups is 1. The Balaban J connectivity index is 1.77. The number of rotatable bonds is 10. The molecule has 0 aliphatic rings. The molecule has 0 aromatic heterocycles. The van der Waals surface area contributed by atoms with E-state index in [1.807, 2.05) is 31.2 Å². The lowest BCUT2D eigenvalue weighted by Crippen LogP contribution is -2.38. The van der Waals surface area contributed by atoms with Crippen molar-refractivity contribution in [3.05, 3.63) is 65.5 Å². The molecule has 0 fully saturated rings. The number of nitrogens with two attached hydrogens (primary N) is 1. The molecule has 2 rings (SSSR count). The first-order chi connectivity index (χ1) is 13.6. The van der Waals surface area contributed by atoms with Crippen LogP contribution in [0.25, 0.3) is 0 Å². The van der Waals surface area contributed by atoms with E-state index < -0.39 is 5.91 Å². The van der Waals surface area contributed by atoms with Crippen molar-refractivity contribution in [2.75, 3.05) is 26.2 Å². The van der Waals surface area contributed by atoms with Gasteiger partial charge in [-0.05, 0) is 55.2 Å². The lowest BCUT2D eigenvalue weighted by molar-refractivity contribution is -0.119. The van der Waals surface area contributed by atoms with Crippen molar-refractivity contribution in [1.82, 2.24) is 10.6 Å². The molecule has 2 aromatic carbocycles. The second-order valence-corrected chi connectivity index (χ2v) is 6.21. The second-order valence-electron chi connectivity index (χ2n) is 6.21. The number of ether oxygens (including phenoxy) is 1. The summed E-state index contributed by atoms with van der Waals surface area (Å²) in [7, 11) is 0. The number of nitrogens with one attached hydrogen (secondary N) is 2. The molecule has 0 atom stereocenters. The maximum atomic E-state index is 12.9. The van der Waals surface area contributed by atoms with Gasteiger partial charge in [0.15, 0.2) is 12.6 Å². The third-order valence-electron chi connectivity index (χ3n) is 3.94. The molecule has 0 unspecified atom stereocenters. The highest BCUT2D eigenvalue weighted by Crippen LogP contribution is 2.12. The van der Waals surface area contributed by atoms with E-state index >= 15 is 0 Å². The summed E-state index contributed by atoms with van der Waals surface area (Å²) < 4.78 is 18.2. The molecule has 7 heteroatoms. The molecule has 0 saturated heterocycles. The predicted octanol–water partition coefficient (Wildman–Crippen LogP) is 2.03. The highest BCUT2D eigenvalue weighted by Gasteiger charge is 2.01. The summed E-state index contributed by atoms with van der Waals surface area (Å²) in [4.78, 5) is 15.3. The highest BCUT2D eigenvalue weighted by atomic mass is 19.1. The Labute approximate surface area is 165 Å². The summed E-state index contributed by atoms with van der Waals surface area (Å²) in [5, 5.41) is 6.52. The minimum atomic E-state index is -0.497. The van der Waals surface area contributed by atoms with Crippen LogP contribution in [0.2, 0.25) is 0 Å². The van der Waals surface area contributed by atoms with Gasteiger partial charge in [-0.2, -0.15) is 0 Å². The van der Waals surface area contributed by atoms with Crippen LogP contribution in [-0.2, 0) is 17.6 Å². The van der Waals surface area contributed by atoms with Crippen molar-refractivity contribution < 1.29 is 13.9 Å². The molecular formula is C21H27FN4O2. The van der Waals surface area contributed by atoms with Crippen LogP contribution in [0.4, 0.5) is 4.39 Å². The van der Waals surface area contributed by atoms with Crippen molar-refractivity contribution >= 4 is 11.9 Å². The summed E-state index contributed by atoms with van der Waals surface area (Å²) in [5.74, 6) is 0.648. The van der Waals surface area contributed by atoms with Crippen LogP contribution in [0.1, 0.15) is 18.1 Å². The molecule has 0 spiro atoms. The molecule has 28 heavy (non-hydrogen) atoms. The fraction of sp³-hybridized carbons (Fsp3) is 0.333. The normalized spacial score (nSPS) is 11.1. The van der Waals surface area contributed by atoms with E-state index in [0.29, 0.717) is 12.3 Å². The molecule has 0 radical (unpaired) electrons. The number of hydrogen-bond acceptors (Lipinski definition) is 3. The van der Waals surface area contributed by atoms with E-state index in [0.717, 1.165) is 43.0 Å². The molecule has 0 aliphatic heterocycles. The maximum absolute atomic E-state index is 12.9. The minimum Gasteiger partial charge on any atom is -0.484 e. The van der Waals surface area contributed by atoms with E-state index in [2.05, 4.69) is 15.6 Å². The van der Waals surface area contributed by atoms with Gasteiger partial charge in [0.2, 0.25) is 0 Å². The van der Waals surface area contributed by atoms with Crippen molar-refractivity contribution in [1.29, 1.82) is 0 Å². The molecule has 0 heterocycles. The van der Waals surface area contributed by atoms with Gasteiger partial charge < -0.3 is 21.1 Å². The van der Waals surface area contributed by atoms with Crippen molar-refractivity contribution in [3.8, 4) is 5.75 Å². The van der Waals surface area contributed by atoms with Crippen LogP contribution < -0.4 is 21.1 Å². The number of aliphatic imine (C=N–C) groups is 1. The lowest BCUT2D eigenvalue weighted by atomic mass is 10.1. The van der Waals surface area contributed by atoms with Gasteiger partial charge in [-0.15, -0.1) is 0 Å². The number of guanidine groups is 1. The van der Waals surface area contributed by atoms with E-state index in [1.165, 1.54) is 12.1 Å². The van der Waals surface area contributed by atoms with Gasteiger partial charge >= 0.3 is 0 Å². The zero-order valence-electron chi connectivity index (χ0n) is 16.1. The third-order valence-corrected chi connectivity index (χ3v) is 3.94. The molecule has 1 amide bonds. The number of carbonyl (C=O) groups excluding carboxylic acids is 1. The van der Waals surface area contributed by atoms with E-state index in [9.17, 15) is 9.18 Å². The van der Waals surface area contributed by atoms with Gasteiger partial charge in [-0.3, -0.25) is 9.79 Å². The largest absolute Gasteiger partial charge is 0.484 e. The fourth-order valence-corrected chi connectivity index (χ4v) is 2.52. The van der Waals surface area contributed by atoms with Crippen molar-refractivity contribution in [2.24, 2.45) is 10.7 Å². The smallest absolute Gasteiger partial charge is 0.255 e. The topological polar surface area (TPSA) is 88.7 Å². The average Bonchev–Trinajstić information content (AvgIpc) is 2.69. The van der Waals surface area contributed by atoms with E-state index in [4.69, 9.17) is 10.5 Å². The Kier molecular flexibility index (Phi) is 8.78. The highest BCUT2D eigenvalue weighted by molar-refractivity contribution is 5.79. The SMILES string of the molecule is CCNC(=NCCc1ccc(F)cc1)NCCc1ccc(OCC(N)=O)cc1. The first kappa shape index (κ1) is 21.2. The number of nitrogens with zero attached hydrogens (tertiary/aromatic N) is 1. The number of hydrogen-bond donors (Lipinski definition) is 3. The van der Waals surface area contributed by atoms with Crippen LogP contribution >= 0.6 is 0 Å². The number of amides is 1. The summed E-state index contributed by atoms with van der Waals surface area (Å²) in [5.41, 5.74) is 7.25. The molecule has 6 nitrogen and oxygen atoms in total. The molecule has 150 valence electrons. The van der Waals surface area contributed by atoms with Crippen LogP contribution in [0.5, 0.6) is 5.75 Å². The first-order valence-electron chi connectivity index (χ1n) is 9.33. The van der Waals surface area contributed by atoms with Crippen LogP contribution in [-0.4, -0.2) is 38.1 Å². The lowest BCUT2D eigenvalue weighted by Gasteiger charge is -2.11. The monoisotopic (exact) mass is 386 g/mol. The quantitative estimate of drug-likeness (QED) is 0.431. The van der Waals surface area contributed by atoms with Gasteiger partial charge in [0.05, 0.1) is 0 Å². The van der Waals surface area contributed by atoms with Gasteiger partial charge in [0.1, 0.15) is 11.6 Å². The molecule has 0 bridgehead atoms. The third kappa shape index (κ3) is 8.07.